The van der Waals surface area contributed by atoms with Gasteiger partial charge in [-0.15, -0.1) is 0 Å². The number of para-hydroxylation sites is 1. The largest absolute Gasteiger partial charge is 0.440 e. The van der Waals surface area contributed by atoms with E-state index in [-0.39, 0.29) is 34.2 Å². The number of fused-ring (bicyclic) bond motifs is 1. The minimum Gasteiger partial charge on any atom is -0.440 e. The molecule has 168 valence electrons. The summed E-state index contributed by atoms with van der Waals surface area (Å²) in [7, 11) is 0. The Labute approximate surface area is 191 Å². The second-order valence-corrected chi connectivity index (χ2v) is 7.14. The number of nitriles is 1. The number of nitro benzene ring substituents is 2. The van der Waals surface area contributed by atoms with Gasteiger partial charge in [0.05, 0.1) is 15.8 Å². The highest BCUT2D eigenvalue weighted by molar-refractivity contribution is 5.95. The first-order valence-corrected chi connectivity index (χ1v) is 9.71. The first kappa shape index (κ1) is 22.0. The van der Waals surface area contributed by atoms with E-state index in [1.165, 1.54) is 60.7 Å². The summed E-state index contributed by atoms with van der Waals surface area (Å²) < 4.78 is 10.9. The van der Waals surface area contributed by atoms with Gasteiger partial charge in [0, 0.05) is 29.8 Å². The zero-order valence-electron chi connectivity index (χ0n) is 17.2. The van der Waals surface area contributed by atoms with Crippen LogP contribution in [0, 0.1) is 31.6 Å². The molecule has 3 aromatic rings. The Hall–Kier alpha value is -5.24. The minimum atomic E-state index is -0.945. The van der Waals surface area contributed by atoms with E-state index in [1.807, 2.05) is 6.07 Å². The highest BCUT2D eigenvalue weighted by Gasteiger charge is 2.32. The Morgan fingerprint density at radius 3 is 2.50 bits per heavy atom. The number of nitrogens with two attached hydrogens (primary N) is 1. The summed E-state index contributed by atoms with van der Waals surface area (Å²) in [5.41, 5.74) is 6.14. The third-order valence-electron chi connectivity index (χ3n) is 5.14. The number of nitrogens with zero attached hydrogens (tertiary/aromatic N) is 3. The van der Waals surface area contributed by atoms with E-state index in [9.17, 15) is 30.3 Å². The topological polar surface area (TPSA) is 172 Å². The molecular weight excluding hydrogens is 444 g/mol. The fourth-order valence-electron chi connectivity index (χ4n) is 3.63. The first-order valence-electron chi connectivity index (χ1n) is 9.71. The summed E-state index contributed by atoms with van der Waals surface area (Å²) in [4.78, 5) is 33.7. The molecule has 0 saturated carbocycles. The van der Waals surface area contributed by atoms with Crippen LogP contribution in [0.5, 0.6) is 11.5 Å². The molecule has 1 heterocycles. The average molecular weight is 458 g/mol. The number of allylic oxidation sites excluding steroid dienone is 1. The van der Waals surface area contributed by atoms with Gasteiger partial charge in [-0.3, -0.25) is 20.2 Å². The number of carbonyl (C=O) groups excluding carboxylic acids is 1. The summed E-state index contributed by atoms with van der Waals surface area (Å²) in [6.07, 6.45) is 0. The molecular formula is C23H14N4O7. The molecule has 0 bridgehead atoms. The molecule has 1 atom stereocenters. The van der Waals surface area contributed by atoms with Crippen LogP contribution in [-0.4, -0.2) is 15.8 Å². The Kier molecular flexibility index (Phi) is 5.63. The fourth-order valence-corrected chi connectivity index (χ4v) is 3.63. The maximum absolute atomic E-state index is 12.5. The maximum atomic E-state index is 12.5. The number of non-ortho nitro benzene ring substituents is 1. The third kappa shape index (κ3) is 3.98. The normalized spacial score (nSPS) is 14.4. The lowest BCUT2D eigenvalue weighted by Gasteiger charge is -2.26. The number of esters is 1. The predicted octanol–water partition coefficient (Wildman–Crippen LogP) is 3.94. The van der Waals surface area contributed by atoms with Gasteiger partial charge in [-0.25, -0.2) is 4.79 Å². The van der Waals surface area contributed by atoms with E-state index < -0.39 is 27.4 Å². The van der Waals surface area contributed by atoms with Crippen molar-refractivity contribution in [1.82, 2.24) is 0 Å². The average Bonchev–Trinajstić information content (AvgIpc) is 2.83. The highest BCUT2D eigenvalue weighted by atomic mass is 16.6. The number of carbonyl (C=O) groups is 1. The molecule has 2 N–H and O–H groups in total. The lowest BCUT2D eigenvalue weighted by molar-refractivity contribution is -0.385. The second kappa shape index (κ2) is 8.71. The minimum absolute atomic E-state index is 0.0212. The molecule has 0 aliphatic carbocycles. The number of hydrogen-bond donors (Lipinski definition) is 1. The molecule has 3 aromatic carbocycles. The molecule has 1 unspecified atom stereocenters. The Balaban J connectivity index is 1.72. The molecule has 4 rings (SSSR count). The van der Waals surface area contributed by atoms with Crippen LogP contribution in [0.4, 0.5) is 11.4 Å². The molecule has 0 spiro atoms. The second-order valence-electron chi connectivity index (χ2n) is 7.14. The number of benzene rings is 3. The SMILES string of the molecule is N#CC1=C(N)Oc2cc(OC(=O)c3ccccc3[N+](=O)[O-])ccc2C1c1cccc([N+](=O)[O-])c1. The molecule has 0 radical (unpaired) electrons. The molecule has 34 heavy (non-hydrogen) atoms. The Morgan fingerprint density at radius 2 is 1.79 bits per heavy atom. The van der Waals surface area contributed by atoms with Gasteiger partial charge < -0.3 is 15.2 Å². The molecule has 0 saturated heterocycles. The van der Waals surface area contributed by atoms with Gasteiger partial charge in [0.15, 0.2) is 0 Å². The van der Waals surface area contributed by atoms with Gasteiger partial charge in [-0.1, -0.05) is 30.3 Å². The van der Waals surface area contributed by atoms with Crippen LogP contribution >= 0.6 is 0 Å². The van der Waals surface area contributed by atoms with Crippen LogP contribution in [-0.2, 0) is 0 Å². The van der Waals surface area contributed by atoms with Crippen molar-refractivity contribution in [3.05, 3.63) is 115 Å². The molecule has 11 heteroatoms. The van der Waals surface area contributed by atoms with Crippen LogP contribution in [0.15, 0.2) is 78.2 Å². The number of ether oxygens (including phenoxy) is 2. The summed E-state index contributed by atoms with van der Waals surface area (Å²) in [5, 5.41) is 32.1. The summed E-state index contributed by atoms with van der Waals surface area (Å²) in [5.74, 6) is -1.71. The summed E-state index contributed by atoms with van der Waals surface area (Å²) >= 11 is 0. The lowest BCUT2D eigenvalue weighted by Crippen LogP contribution is -2.21. The highest BCUT2D eigenvalue weighted by Crippen LogP contribution is 2.44. The van der Waals surface area contributed by atoms with Gasteiger partial charge in [0.25, 0.3) is 11.4 Å². The van der Waals surface area contributed by atoms with Crippen molar-refractivity contribution in [3.63, 3.8) is 0 Å². The van der Waals surface area contributed by atoms with Crippen molar-refractivity contribution in [2.24, 2.45) is 5.73 Å². The smallest absolute Gasteiger partial charge is 0.350 e. The number of hydrogen-bond acceptors (Lipinski definition) is 9. The summed E-state index contributed by atoms with van der Waals surface area (Å²) in [6, 6.07) is 17.4. The summed E-state index contributed by atoms with van der Waals surface area (Å²) in [6.45, 7) is 0. The van der Waals surface area contributed by atoms with Gasteiger partial charge in [0.2, 0.25) is 5.88 Å². The number of rotatable bonds is 5. The molecule has 11 nitrogen and oxygen atoms in total. The molecule has 0 aromatic heterocycles. The molecule has 1 aliphatic rings. The van der Waals surface area contributed by atoms with E-state index >= 15 is 0 Å². The number of nitro groups is 2. The van der Waals surface area contributed by atoms with Crippen LogP contribution in [0.1, 0.15) is 27.4 Å². The van der Waals surface area contributed by atoms with Crippen molar-refractivity contribution in [3.8, 4) is 17.6 Å². The lowest BCUT2D eigenvalue weighted by atomic mass is 9.83. The zero-order valence-corrected chi connectivity index (χ0v) is 17.2. The van der Waals surface area contributed by atoms with E-state index in [2.05, 4.69) is 0 Å². The van der Waals surface area contributed by atoms with Gasteiger partial charge in [0.1, 0.15) is 28.7 Å². The monoisotopic (exact) mass is 458 g/mol. The zero-order chi connectivity index (χ0) is 24.4. The van der Waals surface area contributed by atoms with Crippen molar-refractivity contribution in [2.45, 2.75) is 5.92 Å². The van der Waals surface area contributed by atoms with E-state index in [0.29, 0.717) is 11.1 Å². The van der Waals surface area contributed by atoms with E-state index in [0.717, 1.165) is 0 Å². The van der Waals surface area contributed by atoms with Crippen molar-refractivity contribution >= 4 is 17.3 Å². The van der Waals surface area contributed by atoms with Crippen LogP contribution in [0.25, 0.3) is 0 Å². The van der Waals surface area contributed by atoms with Gasteiger partial charge in [-0.05, 0) is 17.7 Å². The van der Waals surface area contributed by atoms with Crippen LogP contribution in [0.3, 0.4) is 0 Å². The van der Waals surface area contributed by atoms with E-state index in [1.54, 1.807) is 6.07 Å². The van der Waals surface area contributed by atoms with Crippen LogP contribution in [0.2, 0.25) is 0 Å². The third-order valence-corrected chi connectivity index (χ3v) is 5.14. The molecule has 0 amide bonds. The van der Waals surface area contributed by atoms with Crippen molar-refractivity contribution in [1.29, 1.82) is 5.26 Å². The predicted molar refractivity (Wildman–Crippen MR) is 117 cm³/mol. The van der Waals surface area contributed by atoms with Gasteiger partial charge >= 0.3 is 5.97 Å². The molecule has 0 fully saturated rings. The standard InChI is InChI=1S/C23H14N4O7/c24-12-18-21(13-4-3-5-14(10-13)26(29)30)17-9-8-15(11-20(17)34-22(18)25)33-23(28)16-6-1-2-7-19(16)27(31)32/h1-11,21H,25H2. The first-order chi connectivity index (χ1) is 16.3. The Morgan fingerprint density at radius 1 is 1.03 bits per heavy atom. The van der Waals surface area contributed by atoms with Crippen molar-refractivity contribution in [2.75, 3.05) is 0 Å². The van der Waals surface area contributed by atoms with Crippen LogP contribution < -0.4 is 15.2 Å². The Bertz CT molecular complexity index is 1420. The van der Waals surface area contributed by atoms with Gasteiger partial charge in [-0.2, -0.15) is 5.26 Å². The van der Waals surface area contributed by atoms with Crippen molar-refractivity contribution < 1.29 is 24.1 Å². The quantitative estimate of drug-likeness (QED) is 0.257. The fraction of sp³-hybridized carbons (Fsp3) is 0.0435. The van der Waals surface area contributed by atoms with E-state index in [4.69, 9.17) is 15.2 Å². The maximum Gasteiger partial charge on any atom is 0.350 e. The molecule has 1 aliphatic heterocycles.